The first kappa shape index (κ1) is 14.4. The minimum Gasteiger partial charge on any atom is -0.480 e. The number of hydrogen-bond donors (Lipinski definition) is 2. The van der Waals surface area contributed by atoms with Gasteiger partial charge in [0.2, 0.25) is 0 Å². The fourth-order valence-electron chi connectivity index (χ4n) is 1.42. The van der Waals surface area contributed by atoms with Gasteiger partial charge in [-0.3, -0.25) is 9.78 Å². The smallest absolute Gasteiger partial charge is 0.326 e. The first-order chi connectivity index (χ1) is 8.23. The van der Waals surface area contributed by atoms with Gasteiger partial charge in [0.05, 0.1) is 10.6 Å². The van der Waals surface area contributed by atoms with Crippen molar-refractivity contribution in [2.45, 2.75) is 26.8 Å². The van der Waals surface area contributed by atoms with E-state index in [2.05, 4.69) is 10.3 Å². The molecule has 1 unspecified atom stereocenters. The number of carboxylic acid groups (broad SMARTS) is 1. The number of nitrogens with zero attached hydrogens (tertiary/aromatic N) is 1. The minimum absolute atomic E-state index is 0.188. The zero-order valence-corrected chi connectivity index (χ0v) is 11.2. The van der Waals surface area contributed by atoms with Crippen molar-refractivity contribution in [2.75, 3.05) is 0 Å². The summed E-state index contributed by atoms with van der Waals surface area (Å²) in [5.41, 5.74) is -0.386. The van der Waals surface area contributed by atoms with Crippen LogP contribution in [-0.4, -0.2) is 28.0 Å². The number of carboxylic acids is 1. The molecular formula is C12H15ClN2O3. The van der Waals surface area contributed by atoms with E-state index in [4.69, 9.17) is 16.7 Å². The molecule has 0 bridgehead atoms. The highest BCUT2D eigenvalue weighted by Crippen LogP contribution is 2.21. The summed E-state index contributed by atoms with van der Waals surface area (Å²) < 4.78 is 0. The van der Waals surface area contributed by atoms with Gasteiger partial charge >= 0.3 is 5.97 Å². The summed E-state index contributed by atoms with van der Waals surface area (Å²) in [5.74, 6) is -1.61. The Kier molecular flexibility index (Phi) is 4.29. The van der Waals surface area contributed by atoms with E-state index in [1.165, 1.54) is 18.5 Å². The Balaban J connectivity index is 2.93. The molecule has 0 saturated carbocycles. The van der Waals surface area contributed by atoms with Crippen LogP contribution < -0.4 is 5.32 Å². The molecule has 0 saturated heterocycles. The summed E-state index contributed by atoms with van der Waals surface area (Å²) in [6, 6.07) is 0.452. The van der Waals surface area contributed by atoms with Crippen LogP contribution in [0, 0.1) is 5.41 Å². The molecular weight excluding hydrogens is 256 g/mol. The van der Waals surface area contributed by atoms with Gasteiger partial charge in [0.25, 0.3) is 5.91 Å². The lowest BCUT2D eigenvalue weighted by atomic mass is 9.86. The molecule has 0 aliphatic rings. The van der Waals surface area contributed by atoms with Crippen molar-refractivity contribution in [1.29, 1.82) is 0 Å². The predicted molar refractivity (Wildman–Crippen MR) is 67.6 cm³/mol. The number of carbonyl (C=O) groups is 2. The highest BCUT2D eigenvalue weighted by molar-refractivity contribution is 6.33. The molecule has 1 rings (SSSR count). The van der Waals surface area contributed by atoms with Crippen LogP contribution in [0.2, 0.25) is 5.02 Å². The van der Waals surface area contributed by atoms with Crippen LogP contribution >= 0.6 is 11.6 Å². The quantitative estimate of drug-likeness (QED) is 0.880. The van der Waals surface area contributed by atoms with Crippen molar-refractivity contribution in [3.63, 3.8) is 0 Å². The topological polar surface area (TPSA) is 79.3 Å². The Hall–Kier alpha value is -1.62. The predicted octanol–water partition coefficient (Wildman–Crippen LogP) is 1.96. The summed E-state index contributed by atoms with van der Waals surface area (Å²) >= 11 is 5.83. The maximum Gasteiger partial charge on any atom is 0.326 e. The molecule has 0 fully saturated rings. The molecule has 1 heterocycles. The van der Waals surface area contributed by atoms with Gasteiger partial charge in [0, 0.05) is 12.4 Å². The minimum atomic E-state index is -1.08. The van der Waals surface area contributed by atoms with Crippen LogP contribution in [0.3, 0.4) is 0 Å². The van der Waals surface area contributed by atoms with E-state index >= 15 is 0 Å². The maximum atomic E-state index is 11.9. The van der Waals surface area contributed by atoms with Gasteiger partial charge in [-0.1, -0.05) is 32.4 Å². The lowest BCUT2D eigenvalue weighted by molar-refractivity contribution is -0.142. The fraction of sp³-hybridized carbons (Fsp3) is 0.417. The molecule has 98 valence electrons. The normalized spacial score (nSPS) is 12.9. The van der Waals surface area contributed by atoms with E-state index in [9.17, 15) is 9.59 Å². The molecule has 2 N–H and O–H groups in total. The van der Waals surface area contributed by atoms with Crippen molar-refractivity contribution >= 4 is 23.5 Å². The van der Waals surface area contributed by atoms with Gasteiger partial charge in [0.1, 0.15) is 6.04 Å². The van der Waals surface area contributed by atoms with Gasteiger partial charge in [-0.15, -0.1) is 0 Å². The summed E-state index contributed by atoms with van der Waals surface area (Å²) in [5, 5.41) is 11.8. The zero-order chi connectivity index (χ0) is 13.9. The molecule has 1 amide bonds. The van der Waals surface area contributed by atoms with Crippen LogP contribution in [0.5, 0.6) is 0 Å². The molecule has 0 aromatic carbocycles. The lowest BCUT2D eigenvalue weighted by Gasteiger charge is -2.27. The number of pyridine rings is 1. The monoisotopic (exact) mass is 270 g/mol. The second-order valence-electron chi connectivity index (χ2n) is 4.97. The van der Waals surface area contributed by atoms with E-state index in [-0.39, 0.29) is 10.6 Å². The number of amides is 1. The molecule has 1 aromatic rings. The molecule has 6 heteroatoms. The van der Waals surface area contributed by atoms with Crippen LogP contribution in [0.1, 0.15) is 31.1 Å². The molecule has 0 spiro atoms. The average molecular weight is 271 g/mol. The van der Waals surface area contributed by atoms with Crippen LogP contribution in [0.15, 0.2) is 18.5 Å². The fourth-order valence-corrected chi connectivity index (χ4v) is 1.62. The largest absolute Gasteiger partial charge is 0.480 e. The SMILES string of the molecule is CC(C)(C)C(NC(=O)c1ccncc1Cl)C(=O)O. The van der Waals surface area contributed by atoms with Crippen molar-refractivity contribution in [3.8, 4) is 0 Å². The highest BCUT2D eigenvalue weighted by atomic mass is 35.5. The Morgan fingerprint density at radius 1 is 1.44 bits per heavy atom. The van der Waals surface area contributed by atoms with Gasteiger partial charge in [-0.2, -0.15) is 0 Å². The van der Waals surface area contributed by atoms with E-state index < -0.39 is 23.3 Å². The van der Waals surface area contributed by atoms with Crippen molar-refractivity contribution in [1.82, 2.24) is 10.3 Å². The Morgan fingerprint density at radius 3 is 2.50 bits per heavy atom. The third-order valence-corrected chi connectivity index (χ3v) is 2.71. The molecule has 0 aliphatic carbocycles. The third kappa shape index (κ3) is 3.43. The highest BCUT2D eigenvalue weighted by Gasteiger charge is 2.33. The molecule has 1 aromatic heterocycles. The standard InChI is InChI=1S/C12H15ClN2O3/c1-12(2,3)9(11(17)18)15-10(16)7-4-5-14-6-8(7)13/h4-6,9H,1-3H3,(H,15,16)(H,17,18). The van der Waals surface area contributed by atoms with Gasteiger partial charge in [0.15, 0.2) is 0 Å². The van der Waals surface area contributed by atoms with E-state index in [0.29, 0.717) is 0 Å². The molecule has 18 heavy (non-hydrogen) atoms. The van der Waals surface area contributed by atoms with Crippen molar-refractivity contribution in [3.05, 3.63) is 29.0 Å². The number of carbonyl (C=O) groups excluding carboxylic acids is 1. The van der Waals surface area contributed by atoms with Crippen LogP contribution in [-0.2, 0) is 4.79 Å². The second-order valence-corrected chi connectivity index (χ2v) is 5.37. The summed E-state index contributed by atoms with van der Waals surface area (Å²) in [4.78, 5) is 26.8. The van der Waals surface area contributed by atoms with E-state index in [1.807, 2.05) is 0 Å². The number of aliphatic carboxylic acids is 1. The Morgan fingerprint density at radius 2 is 2.06 bits per heavy atom. The number of halogens is 1. The average Bonchev–Trinajstić information content (AvgIpc) is 2.24. The lowest BCUT2D eigenvalue weighted by Crippen LogP contribution is -2.49. The number of aromatic nitrogens is 1. The second kappa shape index (κ2) is 5.35. The third-order valence-electron chi connectivity index (χ3n) is 2.41. The molecule has 5 nitrogen and oxygen atoms in total. The summed E-state index contributed by atoms with van der Waals surface area (Å²) in [6.45, 7) is 5.21. The first-order valence-electron chi connectivity index (χ1n) is 5.36. The first-order valence-corrected chi connectivity index (χ1v) is 5.74. The van der Waals surface area contributed by atoms with Gasteiger partial charge < -0.3 is 10.4 Å². The van der Waals surface area contributed by atoms with Gasteiger partial charge in [-0.05, 0) is 11.5 Å². The molecule has 0 aliphatic heterocycles. The summed E-state index contributed by atoms with van der Waals surface area (Å²) in [7, 11) is 0. The van der Waals surface area contributed by atoms with E-state index in [1.54, 1.807) is 20.8 Å². The number of rotatable bonds is 3. The number of nitrogens with one attached hydrogen (secondary N) is 1. The molecule has 1 atom stereocenters. The van der Waals surface area contributed by atoms with Crippen molar-refractivity contribution in [2.24, 2.45) is 5.41 Å². The Bertz CT molecular complexity index is 469. The van der Waals surface area contributed by atoms with Crippen LogP contribution in [0.25, 0.3) is 0 Å². The van der Waals surface area contributed by atoms with Gasteiger partial charge in [-0.25, -0.2) is 4.79 Å². The maximum absolute atomic E-state index is 11.9. The summed E-state index contributed by atoms with van der Waals surface area (Å²) in [6.07, 6.45) is 2.76. The van der Waals surface area contributed by atoms with Crippen molar-refractivity contribution < 1.29 is 14.7 Å². The van der Waals surface area contributed by atoms with E-state index in [0.717, 1.165) is 0 Å². The zero-order valence-electron chi connectivity index (χ0n) is 10.4. The Labute approximate surface area is 110 Å². The van der Waals surface area contributed by atoms with Crippen LogP contribution in [0.4, 0.5) is 0 Å². The molecule has 0 radical (unpaired) electrons. The number of hydrogen-bond acceptors (Lipinski definition) is 3.